The molecule has 3 fully saturated rings. The predicted molar refractivity (Wildman–Crippen MR) is 267 cm³/mol. The van der Waals surface area contributed by atoms with Crippen LogP contribution in [0, 0.1) is 7.43 Å². The number of alkyl halides is 3. The van der Waals surface area contributed by atoms with Crippen LogP contribution >= 0.6 is 34.8 Å². The third kappa shape index (κ3) is 81.7. The Morgan fingerprint density at radius 3 is 1.51 bits per heavy atom. The van der Waals surface area contributed by atoms with Crippen LogP contribution in [-0.2, 0) is 59.0 Å². The van der Waals surface area contributed by atoms with Gasteiger partial charge in [0.05, 0.1) is 36.6 Å². The fourth-order valence-electron chi connectivity index (χ4n) is 4.51. The Kier molecular flexibility index (Phi) is 69.7. The standard InChI is InChI=1S/C6H5ClO2.2C6H11ClO.C6H12O2.C6H14O2.C6H12O2.C6H10O.C3H6O2.C3H6O.CH3.Rh/c7-3-5-1-2-6(4-8)9-5;2*1-6(8)4-2-3-5-7;1-5-2-3-6(4-7)8-5;2*1-6(8)4-2-3-5-7;7-6-4-2-1-3-5-6;1-3(2)4-5-3;1-3(2)4;;/h1-2,4H,3H2;2-5H2,1H3;8H,1-5H2;5-7H,2-4H2,1H3;6-8H,2-5H2,1H3;7H,2-5H2,1H3;1-5H2;1-2H3;1-2H3;1H3;/q;;;;;;;;;-1;. The molecule has 0 bridgehead atoms. The first-order valence-electron chi connectivity index (χ1n) is 22.7. The monoisotopic (exact) mass is 1110 g/mol. The second-order valence-electron chi connectivity index (χ2n) is 16.0. The molecule has 18 heteroatoms. The summed E-state index contributed by atoms with van der Waals surface area (Å²) in [6.07, 6.45) is 18.2. The van der Waals surface area contributed by atoms with E-state index in [1.54, 1.807) is 32.9 Å². The van der Waals surface area contributed by atoms with Crippen molar-refractivity contribution < 1.29 is 87.9 Å². The molecule has 3 heterocycles. The van der Waals surface area contributed by atoms with Gasteiger partial charge in [0.2, 0.25) is 5.79 Å². The maximum absolute atomic E-state index is 10.5. The van der Waals surface area contributed by atoms with Gasteiger partial charge in [-0.25, -0.2) is 0 Å². The average molecular weight is 1110 g/mol. The summed E-state index contributed by atoms with van der Waals surface area (Å²) in [5.41, 5.74) is 0. The van der Waals surface area contributed by atoms with Crippen molar-refractivity contribution >= 4 is 64.2 Å². The third-order valence-electron chi connectivity index (χ3n) is 8.01. The van der Waals surface area contributed by atoms with Crippen molar-refractivity contribution in [1.82, 2.24) is 0 Å². The molecular formula is C49H90Cl3O14Rh-. The summed E-state index contributed by atoms with van der Waals surface area (Å²) in [6.45, 7) is 17.7. The maximum atomic E-state index is 10.5. The number of carbonyl (C=O) groups excluding carboxylic acids is 5. The van der Waals surface area contributed by atoms with E-state index in [9.17, 15) is 24.0 Å². The van der Waals surface area contributed by atoms with Crippen LogP contribution in [0.5, 0.6) is 0 Å². The normalized spacial score (nSPS) is 15.8. The number of aliphatic hydroxyl groups excluding tert-OH is 5. The Balaban J connectivity index is -0.000000121. The van der Waals surface area contributed by atoms with E-state index in [1.807, 2.05) is 20.8 Å². The summed E-state index contributed by atoms with van der Waals surface area (Å²) in [4.78, 5) is 59.2. The molecule has 2 saturated heterocycles. The Morgan fingerprint density at radius 1 is 0.806 bits per heavy atom. The Bertz CT molecular complexity index is 1220. The topological polar surface area (TPSA) is 234 Å². The Hall–Kier alpha value is -1.62. The molecule has 5 N–H and O–H groups in total. The number of aldehydes is 1. The van der Waals surface area contributed by atoms with Gasteiger partial charge in [-0.2, -0.15) is 9.78 Å². The summed E-state index contributed by atoms with van der Waals surface area (Å²) < 4.78 is 10.1. The van der Waals surface area contributed by atoms with Gasteiger partial charge in [0.15, 0.2) is 12.0 Å². The van der Waals surface area contributed by atoms with Crippen molar-refractivity contribution in [2.75, 3.05) is 31.6 Å². The van der Waals surface area contributed by atoms with Crippen molar-refractivity contribution in [3.05, 3.63) is 43.4 Å². The first-order valence-corrected chi connectivity index (χ1v) is 24.3. The minimum atomic E-state index is -0.250. The van der Waals surface area contributed by atoms with E-state index >= 15 is 0 Å². The molecule has 1 aliphatic carbocycles. The van der Waals surface area contributed by atoms with Crippen molar-refractivity contribution in [2.24, 2.45) is 0 Å². The molecule has 0 aromatic carbocycles. The summed E-state index contributed by atoms with van der Waals surface area (Å²) in [7, 11) is 0. The van der Waals surface area contributed by atoms with Crippen LogP contribution in [0.25, 0.3) is 0 Å². The van der Waals surface area contributed by atoms with E-state index in [-0.39, 0.29) is 87.8 Å². The van der Waals surface area contributed by atoms with E-state index in [0.717, 1.165) is 96.3 Å². The molecule has 1 aromatic rings. The first kappa shape index (κ1) is 79.5. The van der Waals surface area contributed by atoms with E-state index in [0.29, 0.717) is 66.6 Å². The van der Waals surface area contributed by atoms with Crippen LogP contribution in [0.2, 0.25) is 0 Å². The van der Waals surface area contributed by atoms with Crippen molar-refractivity contribution in [3.63, 3.8) is 0 Å². The van der Waals surface area contributed by atoms with Crippen LogP contribution in [0.4, 0.5) is 0 Å². The molecule has 3 atom stereocenters. The third-order valence-corrected chi connectivity index (χ3v) is 8.81. The van der Waals surface area contributed by atoms with Crippen LogP contribution < -0.4 is 0 Å². The van der Waals surface area contributed by atoms with Crippen LogP contribution in [0.3, 0.4) is 0 Å². The molecule has 0 spiro atoms. The zero-order chi connectivity index (χ0) is 50.9. The molecule has 2 aliphatic heterocycles. The van der Waals surface area contributed by atoms with E-state index < -0.39 is 0 Å². The number of unbranched alkanes of at least 4 members (excludes halogenated alkanes) is 4. The van der Waals surface area contributed by atoms with E-state index in [2.05, 4.69) is 16.4 Å². The summed E-state index contributed by atoms with van der Waals surface area (Å²) in [5, 5.41) is 42.4. The summed E-state index contributed by atoms with van der Waals surface area (Å²) >= 11 is 16.1. The smallest absolute Gasteiger partial charge is 0.228 e. The molecular weight excluding hydrogens is 1020 g/mol. The molecule has 1 radical (unpaired) electrons. The molecule has 0 amide bonds. The first-order chi connectivity index (χ1) is 30.6. The number of halogens is 3. The second-order valence-corrected chi connectivity index (χ2v) is 17.0. The van der Waals surface area contributed by atoms with Crippen LogP contribution in [0.15, 0.2) is 28.9 Å². The quantitative estimate of drug-likeness (QED) is 0.0127. The summed E-state index contributed by atoms with van der Waals surface area (Å²) in [6, 6.07) is 3.27. The van der Waals surface area contributed by atoms with Gasteiger partial charge in [-0.05, 0) is 151 Å². The van der Waals surface area contributed by atoms with Crippen molar-refractivity contribution in [1.29, 1.82) is 0 Å². The number of hydrogen-bond donors (Lipinski definition) is 5. The number of Topliss-reactive ketones (excluding diaryl/α,β-unsaturated/α-hetero) is 4. The van der Waals surface area contributed by atoms with Crippen molar-refractivity contribution in [2.45, 2.75) is 207 Å². The molecule has 67 heavy (non-hydrogen) atoms. The van der Waals surface area contributed by atoms with Gasteiger partial charge in [-0.3, -0.25) is 9.59 Å². The van der Waals surface area contributed by atoms with Gasteiger partial charge in [-0.1, -0.05) is 13.0 Å². The minimum Gasteiger partial charge on any atom is -0.513 e. The van der Waals surface area contributed by atoms with Gasteiger partial charge in [0.25, 0.3) is 0 Å². The number of ketones is 4. The molecule has 4 rings (SSSR count). The van der Waals surface area contributed by atoms with Gasteiger partial charge in [0, 0.05) is 76.6 Å². The molecule has 401 valence electrons. The zero-order valence-electron chi connectivity index (χ0n) is 42.2. The molecule has 3 unspecified atom stereocenters. The number of carbonyl (C=O) groups is 5. The minimum absolute atomic E-state index is 0. The number of hydrogen-bond acceptors (Lipinski definition) is 14. The molecule has 1 aromatic heterocycles. The molecule has 1 saturated carbocycles. The van der Waals surface area contributed by atoms with Crippen LogP contribution in [-0.4, -0.2) is 111 Å². The van der Waals surface area contributed by atoms with Gasteiger partial charge >= 0.3 is 0 Å². The van der Waals surface area contributed by atoms with Crippen LogP contribution in [0.1, 0.15) is 194 Å². The van der Waals surface area contributed by atoms with E-state index in [4.69, 9.17) is 69.5 Å². The summed E-state index contributed by atoms with van der Waals surface area (Å²) in [5.74, 6) is 3.72. The second kappa shape index (κ2) is 58.7. The number of furan rings is 1. The predicted octanol–water partition coefficient (Wildman–Crippen LogP) is 11.3. The number of ether oxygens (including phenoxy) is 1. The number of allylic oxidation sites excluding steroid dienone is 1. The number of aliphatic hydroxyl groups is 5. The Labute approximate surface area is 432 Å². The largest absolute Gasteiger partial charge is 0.513 e. The number of rotatable bonds is 19. The average Bonchev–Trinajstić information content (AvgIpc) is 3.54. The SMILES string of the molecule is C=C(O)CCCCCl.CC(=O)CCCCCl.CC(=O)CCCCO.CC(C)=O.CC(O)CCCCO.CC1(C)OO1.CC1CCC(CO)O1.O=C1CCCCC1.O=Cc1ccc(CCl)o1.[CH3-].[Rh]. The van der Waals surface area contributed by atoms with Gasteiger partial charge in [-0.15, -0.1) is 34.8 Å². The van der Waals surface area contributed by atoms with E-state index in [1.165, 1.54) is 20.3 Å². The molecule has 3 aliphatic rings. The van der Waals surface area contributed by atoms with Gasteiger partial charge < -0.3 is 56.5 Å². The van der Waals surface area contributed by atoms with Crippen molar-refractivity contribution in [3.8, 4) is 0 Å². The fraction of sp³-hybridized carbons (Fsp3) is 0.755. The fourth-order valence-corrected chi connectivity index (χ4v) is 5.03. The maximum Gasteiger partial charge on any atom is 0.228 e. The van der Waals surface area contributed by atoms with Gasteiger partial charge in [0.1, 0.15) is 28.9 Å². The Morgan fingerprint density at radius 2 is 1.25 bits per heavy atom. The molecule has 14 nitrogen and oxygen atoms in total. The zero-order valence-corrected chi connectivity index (χ0v) is 46.1.